The maximum Gasteiger partial charge on any atom is 0.0623 e. The normalized spacial score (nSPS) is 25.4. The van der Waals surface area contributed by atoms with Gasteiger partial charge in [-0.05, 0) is 38.6 Å². The Morgan fingerprint density at radius 1 is 1.38 bits per heavy atom. The smallest absolute Gasteiger partial charge is 0.0623 e. The van der Waals surface area contributed by atoms with Crippen LogP contribution in [0.15, 0.2) is 0 Å². The van der Waals surface area contributed by atoms with Crippen LogP contribution in [-0.4, -0.2) is 25.3 Å². The predicted molar refractivity (Wildman–Crippen MR) is 55.9 cm³/mol. The average molecular weight is 185 g/mol. The second-order valence-electron chi connectivity index (χ2n) is 4.57. The van der Waals surface area contributed by atoms with Crippen LogP contribution in [0.3, 0.4) is 0 Å². The van der Waals surface area contributed by atoms with Crippen LogP contribution in [0.4, 0.5) is 0 Å². The van der Waals surface area contributed by atoms with Gasteiger partial charge in [-0.3, -0.25) is 0 Å². The van der Waals surface area contributed by atoms with Gasteiger partial charge in [0.2, 0.25) is 0 Å². The van der Waals surface area contributed by atoms with Crippen molar-refractivity contribution in [1.82, 2.24) is 5.32 Å². The van der Waals surface area contributed by atoms with Gasteiger partial charge >= 0.3 is 0 Å². The maximum absolute atomic E-state index is 5.77. The van der Waals surface area contributed by atoms with Crippen molar-refractivity contribution in [2.24, 2.45) is 5.92 Å². The Morgan fingerprint density at radius 2 is 2.15 bits per heavy atom. The van der Waals surface area contributed by atoms with Crippen molar-refractivity contribution in [3.05, 3.63) is 0 Å². The first-order valence-electron chi connectivity index (χ1n) is 5.53. The fourth-order valence-electron chi connectivity index (χ4n) is 1.91. The summed E-state index contributed by atoms with van der Waals surface area (Å²) in [5, 5.41) is 3.44. The summed E-state index contributed by atoms with van der Waals surface area (Å²) in [6, 6.07) is 0.620. The van der Waals surface area contributed by atoms with Crippen LogP contribution >= 0.6 is 0 Å². The van der Waals surface area contributed by atoms with Crippen molar-refractivity contribution in [2.75, 3.05) is 13.2 Å². The van der Waals surface area contributed by atoms with Crippen LogP contribution in [0.2, 0.25) is 0 Å². The molecule has 1 fully saturated rings. The molecule has 1 N–H and O–H groups in total. The largest absolute Gasteiger partial charge is 0.377 e. The molecule has 0 bridgehead atoms. The zero-order chi connectivity index (χ0) is 9.68. The highest BCUT2D eigenvalue weighted by Gasteiger charge is 2.15. The third-order valence-electron chi connectivity index (χ3n) is 2.55. The summed E-state index contributed by atoms with van der Waals surface area (Å²) in [6.45, 7) is 8.73. The highest BCUT2D eigenvalue weighted by molar-refractivity contribution is 4.73. The highest BCUT2D eigenvalue weighted by Crippen LogP contribution is 2.10. The van der Waals surface area contributed by atoms with Crippen molar-refractivity contribution >= 4 is 0 Å². The van der Waals surface area contributed by atoms with Crippen LogP contribution < -0.4 is 5.32 Å². The Labute approximate surface area is 82.0 Å². The van der Waals surface area contributed by atoms with E-state index < -0.39 is 0 Å². The van der Waals surface area contributed by atoms with Gasteiger partial charge in [-0.15, -0.1) is 0 Å². The molecule has 0 aromatic carbocycles. The van der Waals surface area contributed by atoms with Gasteiger partial charge in [0, 0.05) is 6.04 Å². The molecule has 13 heavy (non-hydrogen) atoms. The Balaban J connectivity index is 2.03. The molecule has 0 spiro atoms. The van der Waals surface area contributed by atoms with Gasteiger partial charge in [-0.25, -0.2) is 0 Å². The van der Waals surface area contributed by atoms with Crippen molar-refractivity contribution in [3.8, 4) is 0 Å². The molecule has 0 aromatic heterocycles. The second kappa shape index (κ2) is 5.61. The van der Waals surface area contributed by atoms with Crippen LogP contribution in [-0.2, 0) is 4.74 Å². The summed E-state index contributed by atoms with van der Waals surface area (Å²) < 4.78 is 5.77. The van der Waals surface area contributed by atoms with Gasteiger partial charge in [0.1, 0.15) is 0 Å². The molecule has 1 unspecified atom stereocenters. The van der Waals surface area contributed by atoms with E-state index in [2.05, 4.69) is 26.1 Å². The molecule has 0 saturated carbocycles. The predicted octanol–water partition coefficient (Wildman–Crippen LogP) is 2.19. The number of ether oxygens (including phenoxy) is 1. The molecule has 1 heterocycles. The van der Waals surface area contributed by atoms with Crippen molar-refractivity contribution in [3.63, 3.8) is 0 Å². The van der Waals surface area contributed by atoms with E-state index in [0.29, 0.717) is 12.1 Å². The third-order valence-corrected chi connectivity index (χ3v) is 2.55. The zero-order valence-electron chi connectivity index (χ0n) is 9.18. The molecule has 2 atom stereocenters. The topological polar surface area (TPSA) is 21.3 Å². The van der Waals surface area contributed by atoms with Gasteiger partial charge in [0.05, 0.1) is 12.7 Å². The first-order chi connectivity index (χ1) is 6.18. The highest BCUT2D eigenvalue weighted by atomic mass is 16.5. The fraction of sp³-hybridized carbons (Fsp3) is 1.00. The summed E-state index contributed by atoms with van der Waals surface area (Å²) in [5.41, 5.74) is 0. The maximum atomic E-state index is 5.77. The lowest BCUT2D eigenvalue weighted by molar-refractivity contribution is 0.0403. The summed E-state index contributed by atoms with van der Waals surface area (Å²) in [5.74, 6) is 0.742. The molecule has 1 aliphatic heterocycles. The molecular formula is C11H23NO. The van der Waals surface area contributed by atoms with Gasteiger partial charge in [-0.1, -0.05) is 13.8 Å². The third kappa shape index (κ3) is 4.63. The molecule has 78 valence electrons. The molecule has 0 amide bonds. The Hall–Kier alpha value is -0.0800. The first-order valence-corrected chi connectivity index (χ1v) is 5.53. The average Bonchev–Trinajstić information content (AvgIpc) is 2.51. The minimum atomic E-state index is 0.419. The molecule has 1 rings (SSSR count). The monoisotopic (exact) mass is 185 g/mol. The SMILES string of the molecule is CC(C)CC(C)OC[C@@H]1CCCN1. The van der Waals surface area contributed by atoms with Gasteiger partial charge in [0.25, 0.3) is 0 Å². The molecule has 0 aromatic rings. The summed E-state index contributed by atoms with van der Waals surface area (Å²) >= 11 is 0. The summed E-state index contributed by atoms with van der Waals surface area (Å²) in [7, 11) is 0. The van der Waals surface area contributed by atoms with Crippen LogP contribution in [0.1, 0.15) is 40.0 Å². The minimum absolute atomic E-state index is 0.419. The molecule has 2 nitrogen and oxygen atoms in total. The van der Waals surface area contributed by atoms with E-state index >= 15 is 0 Å². The van der Waals surface area contributed by atoms with Crippen LogP contribution in [0.25, 0.3) is 0 Å². The summed E-state index contributed by atoms with van der Waals surface area (Å²) in [4.78, 5) is 0. The number of nitrogens with one attached hydrogen (secondary N) is 1. The molecule has 0 radical (unpaired) electrons. The standard InChI is InChI=1S/C11H23NO/c1-9(2)7-10(3)13-8-11-5-4-6-12-11/h9-12H,4-8H2,1-3H3/t10?,11-/m0/s1. The zero-order valence-corrected chi connectivity index (χ0v) is 9.18. The molecule has 2 heteroatoms. The quantitative estimate of drug-likeness (QED) is 0.709. The van der Waals surface area contributed by atoms with Gasteiger partial charge < -0.3 is 10.1 Å². The lowest BCUT2D eigenvalue weighted by Gasteiger charge is -2.18. The minimum Gasteiger partial charge on any atom is -0.377 e. The molecule has 1 saturated heterocycles. The van der Waals surface area contributed by atoms with Crippen LogP contribution in [0, 0.1) is 5.92 Å². The second-order valence-corrected chi connectivity index (χ2v) is 4.57. The van der Waals surface area contributed by atoms with E-state index in [-0.39, 0.29) is 0 Å². The Morgan fingerprint density at radius 3 is 2.69 bits per heavy atom. The van der Waals surface area contributed by atoms with Crippen molar-refractivity contribution in [2.45, 2.75) is 52.2 Å². The Bertz CT molecular complexity index is 130. The lowest BCUT2D eigenvalue weighted by atomic mass is 10.1. The van der Waals surface area contributed by atoms with E-state index in [1.807, 2.05) is 0 Å². The van der Waals surface area contributed by atoms with Crippen molar-refractivity contribution in [1.29, 1.82) is 0 Å². The van der Waals surface area contributed by atoms with E-state index in [9.17, 15) is 0 Å². The van der Waals surface area contributed by atoms with E-state index in [4.69, 9.17) is 4.74 Å². The first kappa shape index (κ1) is 11.0. The van der Waals surface area contributed by atoms with Crippen molar-refractivity contribution < 1.29 is 4.74 Å². The lowest BCUT2D eigenvalue weighted by Crippen LogP contribution is -2.29. The fourth-order valence-corrected chi connectivity index (χ4v) is 1.91. The van der Waals surface area contributed by atoms with E-state index in [1.165, 1.54) is 25.8 Å². The molecule has 0 aliphatic carbocycles. The Kier molecular flexibility index (Phi) is 4.74. The van der Waals surface area contributed by atoms with Gasteiger partial charge in [0.15, 0.2) is 0 Å². The molecular weight excluding hydrogens is 162 g/mol. The molecule has 1 aliphatic rings. The number of hydrogen-bond donors (Lipinski definition) is 1. The van der Waals surface area contributed by atoms with E-state index in [1.54, 1.807) is 0 Å². The van der Waals surface area contributed by atoms with Crippen LogP contribution in [0.5, 0.6) is 0 Å². The van der Waals surface area contributed by atoms with E-state index in [0.717, 1.165) is 12.5 Å². The number of hydrogen-bond acceptors (Lipinski definition) is 2. The number of rotatable bonds is 5. The summed E-state index contributed by atoms with van der Waals surface area (Å²) in [6.07, 6.45) is 4.19. The van der Waals surface area contributed by atoms with Gasteiger partial charge in [-0.2, -0.15) is 0 Å².